The molecule has 0 aliphatic rings. The highest BCUT2D eigenvalue weighted by molar-refractivity contribution is 5.88. The molecule has 0 bridgehead atoms. The molecule has 0 aliphatic carbocycles. The largest absolute Gasteiger partial charge is 0.595 e. The number of aromatic nitrogens is 4. The standard InChI is InChI=1S/C24H20N6O4/c1-13-23(27-19-9-5-3-7-17(19)25-13)15-11-16(22(30(33)34)12-21(15)29(31)32)24-14(2)26-18-8-4-6-10-20(18)28-24/h3-12,29-31,33H,1-2H3. The number of benzene rings is 3. The van der Waals surface area contributed by atoms with Crippen molar-refractivity contribution in [1.82, 2.24) is 19.9 Å². The minimum atomic E-state index is -1.26. The quantitative estimate of drug-likeness (QED) is 0.301. The maximum Gasteiger partial charge on any atom is 0.179 e. The van der Waals surface area contributed by atoms with Crippen LogP contribution in [0.15, 0.2) is 60.7 Å². The first-order valence-corrected chi connectivity index (χ1v) is 10.5. The van der Waals surface area contributed by atoms with Crippen molar-refractivity contribution in [3.8, 4) is 22.5 Å². The second-order valence-corrected chi connectivity index (χ2v) is 7.85. The lowest BCUT2D eigenvalue weighted by atomic mass is 9.99. The van der Waals surface area contributed by atoms with Crippen LogP contribution in [0.2, 0.25) is 0 Å². The normalized spacial score (nSPS) is 13.4. The summed E-state index contributed by atoms with van der Waals surface area (Å²) in [6.45, 7) is 3.48. The molecule has 0 fully saturated rings. The molecule has 2 atom stereocenters. The number of aryl methyl sites for hydroxylation is 2. The van der Waals surface area contributed by atoms with Crippen LogP contribution in [0.5, 0.6) is 0 Å². The number of hydrogen-bond acceptors (Lipinski definition) is 8. The summed E-state index contributed by atoms with van der Waals surface area (Å²) in [5.41, 5.74) is 4.50. The number of para-hydroxylation sites is 4. The smallest absolute Gasteiger partial charge is 0.179 e. The lowest BCUT2D eigenvalue weighted by Gasteiger charge is -2.22. The van der Waals surface area contributed by atoms with Gasteiger partial charge in [0, 0.05) is 0 Å². The molecule has 0 saturated carbocycles. The summed E-state index contributed by atoms with van der Waals surface area (Å²) < 4.78 is 0. The predicted octanol–water partition coefficient (Wildman–Crippen LogP) is 2.33. The predicted molar refractivity (Wildman–Crippen MR) is 125 cm³/mol. The van der Waals surface area contributed by atoms with Crippen LogP contribution in [-0.2, 0) is 0 Å². The highest BCUT2D eigenvalue weighted by Crippen LogP contribution is 2.36. The van der Waals surface area contributed by atoms with E-state index in [4.69, 9.17) is 0 Å². The maximum absolute atomic E-state index is 12.2. The summed E-state index contributed by atoms with van der Waals surface area (Å²) in [5, 5.41) is 41.7. The SMILES string of the molecule is Cc1nc2ccccc2nc1-c1cc(-c2nc3ccccc3nc2C)c([NH+]([O-])O)cc1[NH+]([O-])O. The summed E-state index contributed by atoms with van der Waals surface area (Å²) in [6, 6.07) is 17.2. The number of nitrogens with zero attached hydrogens (tertiary/aromatic N) is 4. The van der Waals surface area contributed by atoms with Gasteiger partial charge in [-0.05, 0) is 44.2 Å². The van der Waals surface area contributed by atoms with E-state index in [0.29, 0.717) is 44.8 Å². The van der Waals surface area contributed by atoms with Gasteiger partial charge in [-0.1, -0.05) is 24.3 Å². The minimum Gasteiger partial charge on any atom is -0.595 e. The van der Waals surface area contributed by atoms with Crippen molar-refractivity contribution in [2.45, 2.75) is 13.8 Å². The Kier molecular flexibility index (Phi) is 5.46. The second kappa shape index (κ2) is 8.47. The zero-order valence-electron chi connectivity index (χ0n) is 18.3. The summed E-state index contributed by atoms with van der Waals surface area (Å²) >= 11 is 0. The van der Waals surface area contributed by atoms with Gasteiger partial charge in [0.15, 0.2) is 11.4 Å². The van der Waals surface area contributed by atoms with Crippen molar-refractivity contribution in [2.24, 2.45) is 0 Å². The van der Waals surface area contributed by atoms with Crippen LogP contribution in [-0.4, -0.2) is 30.4 Å². The molecule has 0 amide bonds. The zero-order valence-corrected chi connectivity index (χ0v) is 18.3. The molecule has 4 N–H and O–H groups in total. The molecule has 34 heavy (non-hydrogen) atoms. The van der Waals surface area contributed by atoms with Crippen LogP contribution in [0.3, 0.4) is 0 Å². The first-order valence-electron chi connectivity index (χ1n) is 10.5. The van der Waals surface area contributed by atoms with E-state index in [1.165, 1.54) is 6.07 Å². The Labute approximate surface area is 193 Å². The van der Waals surface area contributed by atoms with Crippen molar-refractivity contribution in [1.29, 1.82) is 0 Å². The Morgan fingerprint density at radius 1 is 0.588 bits per heavy atom. The molecule has 5 rings (SSSR count). The molecule has 10 nitrogen and oxygen atoms in total. The number of quaternary nitrogens is 2. The Hall–Kier alpha value is -3.90. The summed E-state index contributed by atoms with van der Waals surface area (Å²) in [7, 11) is 0. The van der Waals surface area contributed by atoms with E-state index in [1.807, 2.05) is 36.4 Å². The lowest BCUT2D eigenvalue weighted by molar-refractivity contribution is -0.995. The van der Waals surface area contributed by atoms with E-state index in [2.05, 4.69) is 19.9 Å². The molecule has 10 heteroatoms. The van der Waals surface area contributed by atoms with Gasteiger partial charge < -0.3 is 10.4 Å². The monoisotopic (exact) mass is 456 g/mol. The average molecular weight is 456 g/mol. The first-order chi connectivity index (χ1) is 16.3. The van der Waals surface area contributed by atoms with E-state index in [9.17, 15) is 20.8 Å². The number of rotatable bonds is 4. The van der Waals surface area contributed by atoms with Gasteiger partial charge >= 0.3 is 0 Å². The number of nitrogens with one attached hydrogen (secondary N) is 2. The van der Waals surface area contributed by atoms with E-state index in [1.54, 1.807) is 26.0 Å². The van der Waals surface area contributed by atoms with E-state index in [0.717, 1.165) is 6.07 Å². The van der Waals surface area contributed by atoms with E-state index in [-0.39, 0.29) is 22.5 Å². The lowest BCUT2D eigenvalue weighted by Crippen LogP contribution is -3.01. The minimum absolute atomic E-state index is 0.180. The molecule has 3 aromatic carbocycles. The van der Waals surface area contributed by atoms with Gasteiger partial charge in [0.1, 0.15) is 0 Å². The van der Waals surface area contributed by atoms with Gasteiger partial charge in [-0.15, -0.1) is 0 Å². The van der Waals surface area contributed by atoms with Crippen LogP contribution < -0.4 is 10.5 Å². The molecule has 2 heterocycles. The third-order valence-corrected chi connectivity index (χ3v) is 5.62. The van der Waals surface area contributed by atoms with Crippen molar-refractivity contribution in [3.05, 3.63) is 82.5 Å². The third kappa shape index (κ3) is 3.76. The molecule has 0 aliphatic heterocycles. The molecule has 5 aromatic rings. The summed E-state index contributed by atoms with van der Waals surface area (Å²) in [6.07, 6.45) is 0. The second-order valence-electron chi connectivity index (χ2n) is 7.85. The highest BCUT2D eigenvalue weighted by atomic mass is 16.8. The molecule has 0 spiro atoms. The highest BCUT2D eigenvalue weighted by Gasteiger charge is 2.25. The topological polar surface area (TPSA) is 147 Å². The maximum atomic E-state index is 12.2. The molecular weight excluding hydrogens is 436 g/mol. The fourth-order valence-electron chi connectivity index (χ4n) is 4.03. The Morgan fingerprint density at radius 2 is 0.941 bits per heavy atom. The average Bonchev–Trinajstić information content (AvgIpc) is 2.82. The van der Waals surface area contributed by atoms with Gasteiger partial charge in [0.2, 0.25) is 0 Å². The number of hydrogen-bond donors (Lipinski definition) is 4. The molecule has 0 saturated heterocycles. The molecule has 2 unspecified atom stereocenters. The molecule has 2 aromatic heterocycles. The molecule has 0 radical (unpaired) electrons. The first kappa shape index (κ1) is 21.9. The van der Waals surface area contributed by atoms with Crippen molar-refractivity contribution in [2.75, 3.05) is 0 Å². The van der Waals surface area contributed by atoms with Crippen molar-refractivity contribution >= 4 is 33.4 Å². The fourth-order valence-corrected chi connectivity index (χ4v) is 4.03. The van der Waals surface area contributed by atoms with E-state index < -0.39 is 10.5 Å². The number of fused-ring (bicyclic) bond motifs is 2. The third-order valence-electron chi connectivity index (χ3n) is 5.62. The summed E-state index contributed by atoms with van der Waals surface area (Å²) in [4.78, 5) is 18.5. The Bertz CT molecular complexity index is 1440. The Balaban J connectivity index is 1.83. The van der Waals surface area contributed by atoms with Gasteiger partial charge in [-0.3, -0.25) is 0 Å². The fraction of sp³-hybridized carbons (Fsp3) is 0.0833. The summed E-state index contributed by atoms with van der Waals surface area (Å²) in [5.74, 6) is 0. The van der Waals surface area contributed by atoms with Crippen LogP contribution in [0.25, 0.3) is 44.6 Å². The molecular formula is C24H20N6O4. The van der Waals surface area contributed by atoms with Gasteiger partial charge in [0.25, 0.3) is 0 Å². The zero-order chi connectivity index (χ0) is 24.0. The van der Waals surface area contributed by atoms with Crippen LogP contribution >= 0.6 is 0 Å². The van der Waals surface area contributed by atoms with Crippen LogP contribution in [0.4, 0.5) is 11.4 Å². The van der Waals surface area contributed by atoms with Crippen LogP contribution in [0, 0.1) is 24.3 Å². The van der Waals surface area contributed by atoms with Crippen molar-refractivity contribution in [3.63, 3.8) is 0 Å². The van der Waals surface area contributed by atoms with Gasteiger partial charge in [-0.2, -0.15) is 10.5 Å². The Morgan fingerprint density at radius 3 is 1.29 bits per heavy atom. The van der Waals surface area contributed by atoms with Crippen LogP contribution in [0.1, 0.15) is 11.4 Å². The van der Waals surface area contributed by atoms with E-state index >= 15 is 0 Å². The van der Waals surface area contributed by atoms with Gasteiger partial charge in [-0.25, -0.2) is 30.4 Å². The molecule has 170 valence electrons. The van der Waals surface area contributed by atoms with Gasteiger partial charge in [0.05, 0.1) is 62.0 Å². The van der Waals surface area contributed by atoms with Crippen molar-refractivity contribution < 1.29 is 20.9 Å².